The molecule has 0 heterocycles. The van der Waals surface area contributed by atoms with Gasteiger partial charge in [-0.05, 0) is 18.6 Å². The molecule has 8 heteroatoms. The van der Waals surface area contributed by atoms with Gasteiger partial charge in [-0.3, -0.25) is 4.79 Å². The molecule has 0 aromatic heterocycles. The first-order valence-electron chi connectivity index (χ1n) is 6.38. The van der Waals surface area contributed by atoms with E-state index in [0.29, 0.717) is 23.5 Å². The van der Waals surface area contributed by atoms with Crippen molar-refractivity contribution in [3.63, 3.8) is 0 Å². The number of guanidine groups is 2. The van der Waals surface area contributed by atoms with E-state index in [1.54, 1.807) is 18.2 Å². The fourth-order valence-electron chi connectivity index (χ4n) is 1.56. The molecule has 0 atom stereocenters. The highest BCUT2D eigenvalue weighted by atomic mass is 16.5. The van der Waals surface area contributed by atoms with Crippen molar-refractivity contribution < 1.29 is 9.53 Å². The second kappa shape index (κ2) is 7.73. The molecule has 0 saturated carbocycles. The maximum atomic E-state index is 11.7. The average molecular weight is 292 g/mol. The van der Waals surface area contributed by atoms with Gasteiger partial charge >= 0.3 is 0 Å². The third-order valence-electron chi connectivity index (χ3n) is 2.43. The Morgan fingerprint density at radius 3 is 2.62 bits per heavy atom. The summed E-state index contributed by atoms with van der Waals surface area (Å²) in [6.45, 7) is 1.92. The summed E-state index contributed by atoms with van der Waals surface area (Å²) in [7, 11) is 1.53. The van der Waals surface area contributed by atoms with Gasteiger partial charge in [-0.15, -0.1) is 0 Å². The Hall–Kier alpha value is -2.77. The van der Waals surface area contributed by atoms with Crippen LogP contribution in [0.3, 0.4) is 0 Å². The smallest absolute Gasteiger partial charge is 0.224 e. The van der Waals surface area contributed by atoms with Gasteiger partial charge in [0.05, 0.1) is 18.5 Å². The van der Waals surface area contributed by atoms with E-state index in [0.717, 1.165) is 6.42 Å². The Balaban J connectivity index is 3.13. The lowest BCUT2D eigenvalue weighted by Crippen LogP contribution is -2.26. The van der Waals surface area contributed by atoms with Crippen molar-refractivity contribution in [2.75, 3.05) is 12.4 Å². The van der Waals surface area contributed by atoms with Crippen molar-refractivity contribution in [1.82, 2.24) is 0 Å². The van der Waals surface area contributed by atoms with Crippen LogP contribution >= 0.6 is 0 Å². The fourth-order valence-corrected chi connectivity index (χ4v) is 1.56. The first kappa shape index (κ1) is 16.3. The second-order valence-electron chi connectivity index (χ2n) is 4.19. The highest BCUT2D eigenvalue weighted by Crippen LogP contribution is 2.30. The lowest BCUT2D eigenvalue weighted by atomic mass is 10.2. The van der Waals surface area contributed by atoms with Crippen LogP contribution in [0.5, 0.6) is 5.75 Å². The third-order valence-corrected chi connectivity index (χ3v) is 2.43. The van der Waals surface area contributed by atoms with Gasteiger partial charge in [0.1, 0.15) is 5.75 Å². The number of rotatable bonds is 5. The summed E-state index contributed by atoms with van der Waals surface area (Å²) in [4.78, 5) is 19.4. The topological polar surface area (TPSA) is 141 Å². The van der Waals surface area contributed by atoms with Gasteiger partial charge in [-0.2, -0.15) is 4.99 Å². The summed E-state index contributed by atoms with van der Waals surface area (Å²) in [5.41, 5.74) is 17.0. The predicted octanol–water partition coefficient (Wildman–Crippen LogP) is 0.653. The number of carbonyl (C=O) groups excluding carboxylic acids is 1. The first-order chi connectivity index (χ1) is 9.96. The van der Waals surface area contributed by atoms with Crippen LogP contribution in [-0.2, 0) is 4.79 Å². The minimum absolute atomic E-state index is 0.112. The number of benzene rings is 1. The van der Waals surface area contributed by atoms with E-state index in [-0.39, 0.29) is 17.8 Å². The summed E-state index contributed by atoms with van der Waals surface area (Å²) in [6.07, 6.45) is 1.16. The number of nitrogens with two attached hydrogens (primary N) is 3. The van der Waals surface area contributed by atoms with Crippen LogP contribution in [0.15, 0.2) is 28.2 Å². The number of nitrogens with zero attached hydrogens (tertiary/aromatic N) is 2. The van der Waals surface area contributed by atoms with Crippen LogP contribution in [0.2, 0.25) is 0 Å². The highest BCUT2D eigenvalue weighted by Gasteiger charge is 2.08. The van der Waals surface area contributed by atoms with E-state index in [4.69, 9.17) is 21.9 Å². The summed E-state index contributed by atoms with van der Waals surface area (Å²) in [5, 5.41) is 2.75. The van der Waals surface area contributed by atoms with Crippen molar-refractivity contribution in [3.8, 4) is 5.75 Å². The van der Waals surface area contributed by atoms with E-state index >= 15 is 0 Å². The molecular weight excluding hydrogens is 272 g/mol. The largest absolute Gasteiger partial charge is 0.497 e. The fraction of sp³-hybridized carbons (Fsp3) is 0.308. The van der Waals surface area contributed by atoms with Gasteiger partial charge in [-0.1, -0.05) is 6.92 Å². The van der Waals surface area contributed by atoms with Gasteiger partial charge in [0, 0.05) is 12.5 Å². The number of ether oxygens (including phenoxy) is 1. The molecule has 0 aliphatic heterocycles. The van der Waals surface area contributed by atoms with Gasteiger partial charge in [0.25, 0.3) is 0 Å². The molecule has 0 aliphatic rings. The second-order valence-corrected chi connectivity index (χ2v) is 4.19. The summed E-state index contributed by atoms with van der Waals surface area (Å²) >= 11 is 0. The zero-order chi connectivity index (χ0) is 15.8. The van der Waals surface area contributed by atoms with Crippen LogP contribution in [0, 0.1) is 0 Å². The number of nitrogens with one attached hydrogen (secondary N) is 1. The van der Waals surface area contributed by atoms with Crippen LogP contribution in [0.1, 0.15) is 19.8 Å². The van der Waals surface area contributed by atoms with Gasteiger partial charge in [0.2, 0.25) is 11.9 Å². The average Bonchev–Trinajstić information content (AvgIpc) is 2.40. The molecule has 0 bridgehead atoms. The van der Waals surface area contributed by atoms with E-state index in [9.17, 15) is 4.79 Å². The Bertz CT molecular complexity index is 564. The van der Waals surface area contributed by atoms with E-state index in [1.165, 1.54) is 7.11 Å². The standard InChI is InChI=1S/C13H20N6O2/c1-3-4-11(20)17-9-6-5-8(21-2)7-10(9)18-13(16)19-12(14)15/h5-7H,3-4H2,1-2H3,(H,17,20)(H6,14,15,16,18,19). The lowest BCUT2D eigenvalue weighted by Gasteiger charge is -2.09. The van der Waals surface area contributed by atoms with Crippen LogP contribution in [-0.4, -0.2) is 24.9 Å². The monoisotopic (exact) mass is 292 g/mol. The molecule has 114 valence electrons. The van der Waals surface area contributed by atoms with Crippen molar-refractivity contribution in [2.24, 2.45) is 27.2 Å². The van der Waals surface area contributed by atoms with E-state index in [2.05, 4.69) is 15.3 Å². The third kappa shape index (κ3) is 5.39. The maximum absolute atomic E-state index is 11.7. The van der Waals surface area contributed by atoms with Gasteiger partial charge in [-0.25, -0.2) is 4.99 Å². The molecular formula is C13H20N6O2. The molecule has 0 unspecified atom stereocenters. The normalized spacial score (nSPS) is 10.9. The van der Waals surface area contributed by atoms with Crippen molar-refractivity contribution in [3.05, 3.63) is 18.2 Å². The molecule has 8 nitrogen and oxygen atoms in total. The molecule has 0 radical (unpaired) electrons. The van der Waals surface area contributed by atoms with Crippen LogP contribution in [0.4, 0.5) is 11.4 Å². The summed E-state index contributed by atoms with van der Waals surface area (Å²) in [5.74, 6) is 0.143. The summed E-state index contributed by atoms with van der Waals surface area (Å²) < 4.78 is 5.12. The highest BCUT2D eigenvalue weighted by molar-refractivity contribution is 5.97. The molecule has 7 N–H and O–H groups in total. The molecule has 1 rings (SSSR count). The number of amides is 1. The minimum atomic E-state index is -0.198. The zero-order valence-corrected chi connectivity index (χ0v) is 12.1. The molecule has 21 heavy (non-hydrogen) atoms. The van der Waals surface area contributed by atoms with E-state index < -0.39 is 0 Å². The van der Waals surface area contributed by atoms with Crippen molar-refractivity contribution >= 4 is 29.2 Å². The zero-order valence-electron chi connectivity index (χ0n) is 12.1. The molecule has 1 amide bonds. The number of hydrogen-bond donors (Lipinski definition) is 4. The Morgan fingerprint density at radius 2 is 2.05 bits per heavy atom. The Morgan fingerprint density at radius 1 is 1.33 bits per heavy atom. The first-order valence-corrected chi connectivity index (χ1v) is 6.38. The van der Waals surface area contributed by atoms with Gasteiger partial charge in [0.15, 0.2) is 5.96 Å². The number of methoxy groups -OCH3 is 1. The SMILES string of the molecule is CCCC(=O)Nc1ccc(OC)cc1N=C(N)N=C(N)N. The molecule has 0 saturated heterocycles. The van der Waals surface area contributed by atoms with Crippen molar-refractivity contribution in [1.29, 1.82) is 0 Å². The van der Waals surface area contributed by atoms with Gasteiger partial charge < -0.3 is 27.3 Å². The number of aliphatic imine (C=N–C) groups is 2. The Kier molecular flexibility index (Phi) is 5.99. The molecule has 0 aliphatic carbocycles. The lowest BCUT2D eigenvalue weighted by molar-refractivity contribution is -0.116. The number of hydrogen-bond acceptors (Lipinski definition) is 3. The quantitative estimate of drug-likeness (QED) is 0.466. The Labute approximate surface area is 123 Å². The molecule has 1 aromatic carbocycles. The molecule has 0 spiro atoms. The molecule has 1 aromatic rings. The maximum Gasteiger partial charge on any atom is 0.224 e. The molecule has 0 fully saturated rings. The predicted molar refractivity (Wildman–Crippen MR) is 83.6 cm³/mol. The minimum Gasteiger partial charge on any atom is -0.497 e. The van der Waals surface area contributed by atoms with E-state index in [1.807, 2.05) is 6.92 Å². The van der Waals surface area contributed by atoms with Crippen molar-refractivity contribution in [2.45, 2.75) is 19.8 Å². The summed E-state index contributed by atoms with van der Waals surface area (Å²) in [6, 6.07) is 5.00. The number of carbonyl (C=O) groups is 1. The van der Waals surface area contributed by atoms with Crippen LogP contribution in [0.25, 0.3) is 0 Å². The van der Waals surface area contributed by atoms with Crippen LogP contribution < -0.4 is 27.3 Å². The number of anilines is 1.